The van der Waals surface area contributed by atoms with Crippen LogP contribution in [0.2, 0.25) is 0 Å². The van der Waals surface area contributed by atoms with E-state index in [-0.39, 0.29) is 0 Å². The molecule has 1 aliphatic carbocycles. The molecule has 0 radical (unpaired) electrons. The zero-order valence-electron chi connectivity index (χ0n) is 8.77. The Labute approximate surface area is 85.3 Å². The highest BCUT2D eigenvalue weighted by molar-refractivity contribution is 5.08. The highest BCUT2D eigenvalue weighted by atomic mass is 14.9. The number of hydrogen-bond donors (Lipinski definition) is 3. The third-order valence-corrected chi connectivity index (χ3v) is 3.00. The molecule has 1 aliphatic rings. The van der Waals surface area contributed by atoms with Crippen molar-refractivity contribution in [2.24, 2.45) is 5.41 Å². The van der Waals surface area contributed by atoms with E-state index in [0.717, 1.165) is 19.6 Å². The maximum atomic E-state index is 3.52. The number of aromatic amines is 1. The third-order valence-electron chi connectivity index (χ3n) is 3.00. The largest absolute Gasteiger partial charge is 0.367 e. The molecule has 1 fully saturated rings. The molecule has 0 spiro atoms. The third kappa shape index (κ3) is 2.36. The molecule has 0 aliphatic heterocycles. The lowest BCUT2D eigenvalue weighted by Gasteiger charge is -2.14. The van der Waals surface area contributed by atoms with Crippen molar-refractivity contribution in [1.29, 1.82) is 0 Å². The second kappa shape index (κ2) is 4.15. The van der Waals surface area contributed by atoms with Gasteiger partial charge in [0.25, 0.3) is 0 Å². The van der Waals surface area contributed by atoms with Crippen LogP contribution in [0, 0.1) is 5.41 Å². The van der Waals surface area contributed by atoms with E-state index in [2.05, 4.69) is 21.7 Å². The Morgan fingerprint density at radius 3 is 2.86 bits per heavy atom. The molecule has 3 N–H and O–H groups in total. The van der Waals surface area contributed by atoms with E-state index in [1.54, 1.807) is 0 Å². The first-order chi connectivity index (χ1) is 6.85. The van der Waals surface area contributed by atoms with Gasteiger partial charge < -0.3 is 15.6 Å². The Bertz CT molecular complexity index is 262. The summed E-state index contributed by atoms with van der Waals surface area (Å²) in [5.41, 5.74) is 1.90. The lowest BCUT2D eigenvalue weighted by molar-refractivity contribution is 0.439. The van der Waals surface area contributed by atoms with Gasteiger partial charge in [-0.15, -0.1) is 0 Å². The van der Waals surface area contributed by atoms with Crippen molar-refractivity contribution in [1.82, 2.24) is 15.6 Å². The Hall–Kier alpha value is -0.800. The molecule has 3 heteroatoms. The molecule has 14 heavy (non-hydrogen) atoms. The van der Waals surface area contributed by atoms with Crippen molar-refractivity contribution >= 4 is 0 Å². The molecule has 0 aromatic carbocycles. The van der Waals surface area contributed by atoms with Gasteiger partial charge in [-0.05, 0) is 36.9 Å². The predicted molar refractivity (Wildman–Crippen MR) is 58.1 cm³/mol. The zero-order chi connectivity index (χ0) is 9.86. The Balaban J connectivity index is 1.68. The summed E-state index contributed by atoms with van der Waals surface area (Å²) in [5, 5.41) is 6.78. The minimum absolute atomic E-state index is 0.561. The number of rotatable bonds is 6. The molecule has 3 nitrogen and oxygen atoms in total. The van der Waals surface area contributed by atoms with Crippen LogP contribution in [0.25, 0.3) is 0 Å². The second-order valence-electron chi connectivity index (χ2n) is 4.35. The SMILES string of the molecule is CNCC1(CNCc2cc[nH]c2)CC1. The molecule has 0 unspecified atom stereocenters. The van der Waals surface area contributed by atoms with E-state index in [9.17, 15) is 0 Å². The fourth-order valence-electron chi connectivity index (χ4n) is 1.91. The first-order valence-corrected chi connectivity index (χ1v) is 5.32. The number of nitrogens with one attached hydrogen (secondary N) is 3. The fraction of sp³-hybridized carbons (Fsp3) is 0.636. The Morgan fingerprint density at radius 1 is 1.43 bits per heavy atom. The summed E-state index contributed by atoms with van der Waals surface area (Å²) in [6.07, 6.45) is 6.75. The minimum Gasteiger partial charge on any atom is -0.367 e. The van der Waals surface area contributed by atoms with Crippen LogP contribution in [0.4, 0.5) is 0 Å². The lowest BCUT2D eigenvalue weighted by atomic mass is 10.1. The van der Waals surface area contributed by atoms with Crippen LogP contribution in [0.1, 0.15) is 18.4 Å². The molecule has 0 atom stereocenters. The fourth-order valence-corrected chi connectivity index (χ4v) is 1.91. The monoisotopic (exact) mass is 193 g/mol. The highest BCUT2D eigenvalue weighted by Crippen LogP contribution is 2.44. The number of hydrogen-bond acceptors (Lipinski definition) is 2. The molecule has 1 aromatic heterocycles. The van der Waals surface area contributed by atoms with E-state index < -0.39 is 0 Å². The van der Waals surface area contributed by atoms with Gasteiger partial charge in [0.1, 0.15) is 0 Å². The van der Waals surface area contributed by atoms with E-state index in [0.29, 0.717) is 5.41 Å². The molecule has 1 heterocycles. The van der Waals surface area contributed by atoms with Crippen LogP contribution >= 0.6 is 0 Å². The van der Waals surface area contributed by atoms with Gasteiger partial charge in [0.2, 0.25) is 0 Å². The first kappa shape index (κ1) is 9.74. The minimum atomic E-state index is 0.561. The average molecular weight is 193 g/mol. The standard InChI is InChI=1S/C11H19N3/c1-12-8-11(3-4-11)9-14-7-10-2-5-13-6-10/h2,5-6,12-14H,3-4,7-9H2,1H3. The van der Waals surface area contributed by atoms with Crippen molar-refractivity contribution in [2.75, 3.05) is 20.1 Å². The van der Waals surface area contributed by atoms with Gasteiger partial charge in [-0.1, -0.05) is 0 Å². The maximum absolute atomic E-state index is 3.52. The number of aromatic nitrogens is 1. The molecule has 0 bridgehead atoms. The molecule has 2 rings (SSSR count). The molecule has 0 saturated heterocycles. The quantitative estimate of drug-likeness (QED) is 0.633. The zero-order valence-corrected chi connectivity index (χ0v) is 8.77. The summed E-state index contributed by atoms with van der Waals surface area (Å²) in [6.45, 7) is 3.27. The van der Waals surface area contributed by atoms with Gasteiger partial charge in [-0.25, -0.2) is 0 Å². The van der Waals surface area contributed by atoms with Crippen LogP contribution in [-0.2, 0) is 6.54 Å². The van der Waals surface area contributed by atoms with Crippen LogP contribution in [0.5, 0.6) is 0 Å². The van der Waals surface area contributed by atoms with Gasteiger partial charge in [0.05, 0.1) is 0 Å². The van der Waals surface area contributed by atoms with Crippen molar-refractivity contribution in [3.05, 3.63) is 24.0 Å². The Kier molecular flexibility index (Phi) is 2.89. The van der Waals surface area contributed by atoms with Crippen molar-refractivity contribution in [3.8, 4) is 0 Å². The van der Waals surface area contributed by atoms with E-state index >= 15 is 0 Å². The molecule has 78 valence electrons. The lowest BCUT2D eigenvalue weighted by Crippen LogP contribution is -2.30. The number of H-pyrrole nitrogens is 1. The van der Waals surface area contributed by atoms with Gasteiger partial charge in [-0.2, -0.15) is 0 Å². The summed E-state index contributed by atoms with van der Waals surface area (Å²) < 4.78 is 0. The predicted octanol–water partition coefficient (Wildman–Crippen LogP) is 1.10. The maximum Gasteiger partial charge on any atom is 0.0220 e. The van der Waals surface area contributed by atoms with Gasteiger partial charge >= 0.3 is 0 Å². The van der Waals surface area contributed by atoms with Crippen molar-refractivity contribution in [3.63, 3.8) is 0 Å². The topological polar surface area (TPSA) is 39.8 Å². The summed E-state index contributed by atoms with van der Waals surface area (Å²) in [5.74, 6) is 0. The smallest absolute Gasteiger partial charge is 0.0220 e. The van der Waals surface area contributed by atoms with Crippen molar-refractivity contribution < 1.29 is 0 Å². The van der Waals surface area contributed by atoms with Gasteiger partial charge in [0.15, 0.2) is 0 Å². The van der Waals surface area contributed by atoms with Crippen molar-refractivity contribution in [2.45, 2.75) is 19.4 Å². The summed E-state index contributed by atoms with van der Waals surface area (Å²) in [7, 11) is 2.03. The van der Waals surface area contributed by atoms with E-state index in [1.807, 2.05) is 19.4 Å². The Morgan fingerprint density at radius 2 is 2.29 bits per heavy atom. The summed E-state index contributed by atoms with van der Waals surface area (Å²) >= 11 is 0. The first-order valence-electron chi connectivity index (χ1n) is 5.32. The van der Waals surface area contributed by atoms with Crippen LogP contribution in [-0.4, -0.2) is 25.1 Å². The normalized spacial score (nSPS) is 18.4. The van der Waals surface area contributed by atoms with Gasteiger partial charge in [0, 0.05) is 32.0 Å². The van der Waals surface area contributed by atoms with Crippen LogP contribution in [0.15, 0.2) is 18.5 Å². The molecular weight excluding hydrogens is 174 g/mol. The van der Waals surface area contributed by atoms with E-state index in [4.69, 9.17) is 0 Å². The summed E-state index contributed by atoms with van der Waals surface area (Å²) in [6, 6.07) is 2.12. The van der Waals surface area contributed by atoms with Gasteiger partial charge in [-0.3, -0.25) is 0 Å². The second-order valence-corrected chi connectivity index (χ2v) is 4.35. The average Bonchev–Trinajstić information content (AvgIpc) is 2.75. The molecule has 0 amide bonds. The van der Waals surface area contributed by atoms with Crippen LogP contribution < -0.4 is 10.6 Å². The molecular formula is C11H19N3. The van der Waals surface area contributed by atoms with Crippen LogP contribution in [0.3, 0.4) is 0 Å². The molecule has 1 aromatic rings. The molecule has 1 saturated carbocycles. The van der Waals surface area contributed by atoms with E-state index in [1.165, 1.54) is 18.4 Å². The summed E-state index contributed by atoms with van der Waals surface area (Å²) in [4.78, 5) is 3.07. The highest BCUT2D eigenvalue weighted by Gasteiger charge is 2.41.